The number of amides is 1. The second-order valence-electron chi connectivity index (χ2n) is 7.16. The maximum absolute atomic E-state index is 12.6. The van der Waals surface area contributed by atoms with Crippen molar-refractivity contribution in [2.75, 3.05) is 20.7 Å². The molecule has 0 aliphatic rings. The van der Waals surface area contributed by atoms with Gasteiger partial charge in [0.05, 0.1) is 19.7 Å². The highest BCUT2D eigenvalue weighted by molar-refractivity contribution is 5.78. The van der Waals surface area contributed by atoms with Gasteiger partial charge in [-0.1, -0.05) is 50.2 Å². The van der Waals surface area contributed by atoms with E-state index in [1.54, 1.807) is 7.11 Å². The van der Waals surface area contributed by atoms with Gasteiger partial charge in [-0.15, -0.1) is 0 Å². The Labute approximate surface area is 157 Å². The number of rotatable bonds is 8. The molecule has 0 heterocycles. The molecule has 4 nitrogen and oxygen atoms in total. The summed E-state index contributed by atoms with van der Waals surface area (Å²) >= 11 is 0. The maximum Gasteiger partial charge on any atom is 0.234 e. The van der Waals surface area contributed by atoms with Crippen LogP contribution in [0.2, 0.25) is 0 Å². The van der Waals surface area contributed by atoms with Crippen molar-refractivity contribution < 1.29 is 9.53 Å². The Morgan fingerprint density at radius 1 is 1.12 bits per heavy atom. The highest BCUT2D eigenvalue weighted by Crippen LogP contribution is 2.24. The summed E-state index contributed by atoms with van der Waals surface area (Å²) < 4.78 is 5.22. The van der Waals surface area contributed by atoms with Gasteiger partial charge in [-0.3, -0.25) is 9.69 Å². The zero-order chi connectivity index (χ0) is 19.1. The smallest absolute Gasteiger partial charge is 0.234 e. The van der Waals surface area contributed by atoms with Crippen LogP contribution >= 0.6 is 0 Å². The van der Waals surface area contributed by atoms with E-state index >= 15 is 0 Å². The fourth-order valence-corrected chi connectivity index (χ4v) is 3.04. The molecule has 0 aliphatic heterocycles. The second kappa shape index (κ2) is 9.39. The number of aryl methyl sites for hydroxylation is 1. The Hall–Kier alpha value is -2.33. The number of methoxy groups -OCH3 is 1. The zero-order valence-electron chi connectivity index (χ0n) is 16.5. The third-order valence-electron chi connectivity index (χ3n) is 4.57. The molecule has 4 heteroatoms. The van der Waals surface area contributed by atoms with Crippen molar-refractivity contribution in [3.8, 4) is 5.75 Å². The van der Waals surface area contributed by atoms with Gasteiger partial charge >= 0.3 is 0 Å². The number of hydrogen-bond donors (Lipinski definition) is 1. The lowest BCUT2D eigenvalue weighted by Gasteiger charge is -2.25. The first-order chi connectivity index (χ1) is 12.4. The molecule has 0 radical (unpaired) electrons. The van der Waals surface area contributed by atoms with Gasteiger partial charge in [0.15, 0.2) is 0 Å². The van der Waals surface area contributed by atoms with Crippen LogP contribution in [0.5, 0.6) is 5.75 Å². The third kappa shape index (κ3) is 5.60. The van der Waals surface area contributed by atoms with Crippen molar-refractivity contribution in [3.05, 3.63) is 65.2 Å². The van der Waals surface area contributed by atoms with Gasteiger partial charge in [0.1, 0.15) is 5.75 Å². The van der Waals surface area contributed by atoms with Crippen LogP contribution in [0.15, 0.2) is 48.5 Å². The van der Waals surface area contributed by atoms with Crippen LogP contribution in [-0.4, -0.2) is 31.5 Å². The number of carbonyl (C=O) groups is 1. The molecule has 0 spiro atoms. The van der Waals surface area contributed by atoms with Crippen molar-refractivity contribution in [2.45, 2.75) is 33.4 Å². The average molecular weight is 354 g/mol. The Morgan fingerprint density at radius 2 is 1.77 bits per heavy atom. The quantitative estimate of drug-likeness (QED) is 0.780. The molecule has 0 aromatic heterocycles. The van der Waals surface area contributed by atoms with E-state index in [-0.39, 0.29) is 11.9 Å². The SMILES string of the molecule is COc1ccc(C(NC(=O)CN(C)Cc2ccccc2C)C(C)C)cc1. The molecule has 2 aromatic rings. The molecule has 0 bridgehead atoms. The Morgan fingerprint density at radius 3 is 2.35 bits per heavy atom. The summed E-state index contributed by atoms with van der Waals surface area (Å²) in [4.78, 5) is 14.6. The van der Waals surface area contributed by atoms with Crippen molar-refractivity contribution >= 4 is 5.91 Å². The lowest BCUT2D eigenvalue weighted by Crippen LogP contribution is -2.38. The van der Waals surface area contributed by atoms with Gasteiger partial charge < -0.3 is 10.1 Å². The normalized spacial score (nSPS) is 12.3. The third-order valence-corrected chi connectivity index (χ3v) is 4.57. The number of hydrogen-bond acceptors (Lipinski definition) is 3. The molecule has 1 amide bonds. The van der Waals surface area contributed by atoms with Crippen LogP contribution in [0, 0.1) is 12.8 Å². The van der Waals surface area contributed by atoms with Crippen LogP contribution < -0.4 is 10.1 Å². The Kier molecular flexibility index (Phi) is 7.22. The van der Waals surface area contributed by atoms with Crippen LogP contribution in [-0.2, 0) is 11.3 Å². The van der Waals surface area contributed by atoms with Gasteiger partial charge in [0.25, 0.3) is 0 Å². The van der Waals surface area contributed by atoms with E-state index in [1.807, 2.05) is 48.3 Å². The predicted molar refractivity (Wildman–Crippen MR) is 106 cm³/mol. The molecule has 1 unspecified atom stereocenters. The van der Waals surface area contributed by atoms with Gasteiger partial charge in [-0.2, -0.15) is 0 Å². The molecule has 140 valence electrons. The first-order valence-electron chi connectivity index (χ1n) is 9.07. The standard InChI is InChI=1S/C22H30N2O2/c1-16(2)22(18-10-12-20(26-5)13-11-18)23-21(25)15-24(4)14-19-9-7-6-8-17(19)3/h6-13,16,22H,14-15H2,1-5H3,(H,23,25). The van der Waals surface area contributed by atoms with E-state index in [9.17, 15) is 4.79 Å². The maximum atomic E-state index is 12.6. The second-order valence-corrected chi connectivity index (χ2v) is 7.16. The highest BCUT2D eigenvalue weighted by Gasteiger charge is 2.19. The van der Waals surface area contributed by atoms with Crippen LogP contribution in [0.1, 0.15) is 36.6 Å². The monoisotopic (exact) mass is 354 g/mol. The van der Waals surface area contributed by atoms with Gasteiger partial charge in [0, 0.05) is 6.54 Å². The summed E-state index contributed by atoms with van der Waals surface area (Å²) in [5, 5.41) is 3.18. The summed E-state index contributed by atoms with van der Waals surface area (Å²) in [6, 6.07) is 16.2. The number of ether oxygens (including phenoxy) is 1. The van der Waals surface area contributed by atoms with Crippen molar-refractivity contribution in [3.63, 3.8) is 0 Å². The molecule has 0 fully saturated rings. The van der Waals surface area contributed by atoms with E-state index in [2.05, 4.69) is 38.2 Å². The lowest BCUT2D eigenvalue weighted by molar-refractivity contribution is -0.123. The number of nitrogens with zero attached hydrogens (tertiary/aromatic N) is 1. The number of nitrogens with one attached hydrogen (secondary N) is 1. The summed E-state index contributed by atoms with van der Waals surface area (Å²) in [6.07, 6.45) is 0. The Bertz CT molecular complexity index is 710. The minimum Gasteiger partial charge on any atom is -0.497 e. The van der Waals surface area contributed by atoms with Gasteiger partial charge in [-0.25, -0.2) is 0 Å². The van der Waals surface area contributed by atoms with Crippen LogP contribution in [0.25, 0.3) is 0 Å². The molecule has 1 atom stereocenters. The average Bonchev–Trinajstić information content (AvgIpc) is 2.61. The van der Waals surface area contributed by atoms with E-state index < -0.39 is 0 Å². The number of likely N-dealkylation sites (N-methyl/N-ethyl adjacent to an activating group) is 1. The van der Waals surface area contributed by atoms with E-state index in [0.29, 0.717) is 12.5 Å². The highest BCUT2D eigenvalue weighted by atomic mass is 16.5. The zero-order valence-corrected chi connectivity index (χ0v) is 16.5. The van der Waals surface area contributed by atoms with Gasteiger partial charge in [-0.05, 0) is 48.7 Å². The van der Waals surface area contributed by atoms with Crippen LogP contribution in [0.4, 0.5) is 0 Å². The first kappa shape index (κ1) is 20.0. The molecule has 2 rings (SSSR count). The Balaban J connectivity index is 1.97. The van der Waals surface area contributed by atoms with E-state index in [4.69, 9.17) is 4.74 Å². The summed E-state index contributed by atoms with van der Waals surface area (Å²) in [6.45, 7) is 7.46. The minimum atomic E-state index is -0.0136. The topological polar surface area (TPSA) is 41.6 Å². The molecule has 2 aromatic carbocycles. The molecule has 0 saturated carbocycles. The molecule has 0 aliphatic carbocycles. The molecule has 1 N–H and O–H groups in total. The number of benzene rings is 2. The predicted octanol–water partition coefficient (Wildman–Crippen LogP) is 3.95. The molecule has 26 heavy (non-hydrogen) atoms. The largest absolute Gasteiger partial charge is 0.497 e. The fraction of sp³-hybridized carbons (Fsp3) is 0.409. The van der Waals surface area contributed by atoms with Crippen LogP contribution in [0.3, 0.4) is 0 Å². The van der Waals surface area contributed by atoms with Crippen molar-refractivity contribution in [2.24, 2.45) is 5.92 Å². The van der Waals surface area contributed by atoms with Gasteiger partial charge in [0.2, 0.25) is 5.91 Å². The minimum absolute atomic E-state index is 0.0136. The molecular formula is C22H30N2O2. The lowest BCUT2D eigenvalue weighted by atomic mass is 9.96. The molecule has 0 saturated heterocycles. The summed E-state index contributed by atoms with van der Waals surface area (Å²) in [7, 11) is 3.63. The summed E-state index contributed by atoms with van der Waals surface area (Å²) in [5.41, 5.74) is 3.59. The van der Waals surface area contributed by atoms with E-state index in [0.717, 1.165) is 17.9 Å². The number of carbonyl (C=O) groups excluding carboxylic acids is 1. The van der Waals surface area contributed by atoms with Crippen molar-refractivity contribution in [1.82, 2.24) is 10.2 Å². The fourth-order valence-electron chi connectivity index (χ4n) is 3.04. The van der Waals surface area contributed by atoms with Crippen molar-refractivity contribution in [1.29, 1.82) is 0 Å². The molecular weight excluding hydrogens is 324 g/mol. The summed E-state index contributed by atoms with van der Waals surface area (Å²) in [5.74, 6) is 1.16. The first-order valence-corrected chi connectivity index (χ1v) is 9.07. The van der Waals surface area contributed by atoms with E-state index in [1.165, 1.54) is 11.1 Å².